The molecule has 0 fully saturated rings. The highest BCUT2D eigenvalue weighted by atomic mass is 16.2. The molecule has 5 amide bonds. The van der Waals surface area contributed by atoms with Crippen molar-refractivity contribution in [2.75, 3.05) is 6.54 Å². The van der Waals surface area contributed by atoms with Crippen molar-refractivity contribution in [3.8, 4) is 0 Å². The van der Waals surface area contributed by atoms with Crippen molar-refractivity contribution in [1.82, 2.24) is 21.3 Å². The molecule has 0 aliphatic rings. The fraction of sp³-hybridized carbons (Fsp3) is 0.559. The second-order valence-corrected chi connectivity index (χ2v) is 12.2. The summed E-state index contributed by atoms with van der Waals surface area (Å²) < 4.78 is 0. The Hall–Kier alpha value is -3.99. The Morgan fingerprint density at radius 3 is 2.00 bits per heavy atom. The molecule has 0 saturated heterocycles. The Labute approximate surface area is 267 Å². The molecule has 0 aliphatic carbocycles. The highest BCUT2D eigenvalue weighted by molar-refractivity contribution is 5.95. The average Bonchev–Trinajstić information content (AvgIpc) is 3.01. The van der Waals surface area contributed by atoms with Gasteiger partial charge in [-0.3, -0.25) is 24.0 Å². The number of nitrogens with two attached hydrogens (primary N) is 2. The van der Waals surface area contributed by atoms with Gasteiger partial charge < -0.3 is 32.7 Å². The van der Waals surface area contributed by atoms with E-state index in [9.17, 15) is 24.0 Å². The van der Waals surface area contributed by atoms with Crippen molar-refractivity contribution in [2.45, 2.75) is 104 Å². The van der Waals surface area contributed by atoms with Gasteiger partial charge in [-0.25, -0.2) is 0 Å². The van der Waals surface area contributed by atoms with Gasteiger partial charge in [-0.15, -0.1) is 0 Å². The number of carbonyl (C=O) groups excluding carboxylic acids is 5. The van der Waals surface area contributed by atoms with Crippen LogP contribution in [0.5, 0.6) is 0 Å². The Morgan fingerprint density at radius 1 is 0.756 bits per heavy atom. The lowest BCUT2D eigenvalue weighted by Gasteiger charge is -2.29. The number of unbranched alkanes of at least 4 members (excludes halogenated alkanes) is 1. The first-order chi connectivity index (χ1) is 21.4. The number of nitrogens with one attached hydrogen (secondary N) is 4. The molecule has 0 aliphatic heterocycles. The summed E-state index contributed by atoms with van der Waals surface area (Å²) in [5.74, 6) is -2.68. The molecule has 2 aromatic rings. The van der Waals surface area contributed by atoms with Gasteiger partial charge in [0.25, 0.3) is 0 Å². The van der Waals surface area contributed by atoms with Crippen LogP contribution in [0.4, 0.5) is 0 Å². The Bertz CT molecular complexity index is 1300. The maximum absolute atomic E-state index is 13.7. The van der Waals surface area contributed by atoms with Crippen LogP contribution in [0.3, 0.4) is 0 Å². The molecule has 0 spiro atoms. The van der Waals surface area contributed by atoms with Crippen molar-refractivity contribution in [3.05, 3.63) is 48.0 Å². The molecule has 0 saturated carbocycles. The zero-order chi connectivity index (χ0) is 33.5. The third kappa shape index (κ3) is 12.1. The Morgan fingerprint density at radius 2 is 1.40 bits per heavy atom. The molecule has 0 unspecified atom stereocenters. The third-order valence-corrected chi connectivity index (χ3v) is 7.97. The predicted molar refractivity (Wildman–Crippen MR) is 177 cm³/mol. The minimum atomic E-state index is -0.979. The summed E-state index contributed by atoms with van der Waals surface area (Å²) in [7, 11) is 0. The highest BCUT2D eigenvalue weighted by Gasteiger charge is 2.33. The quantitative estimate of drug-likeness (QED) is 0.130. The van der Waals surface area contributed by atoms with E-state index in [4.69, 9.17) is 11.5 Å². The van der Waals surface area contributed by atoms with Crippen LogP contribution < -0.4 is 32.7 Å². The first-order valence-corrected chi connectivity index (χ1v) is 16.1. The van der Waals surface area contributed by atoms with Gasteiger partial charge >= 0.3 is 0 Å². The number of benzene rings is 2. The summed E-state index contributed by atoms with van der Waals surface area (Å²) in [6, 6.07) is 10.00. The van der Waals surface area contributed by atoms with Gasteiger partial charge in [0.1, 0.15) is 24.2 Å². The zero-order valence-corrected chi connectivity index (χ0v) is 27.4. The molecule has 8 N–H and O–H groups in total. The van der Waals surface area contributed by atoms with Gasteiger partial charge in [0.15, 0.2) is 0 Å². The SMILES string of the molecule is CCC(=O)N[C@@H](Cc1ccc2ccccc2c1)C(=O)N[C@H](C(=O)N[C@@H](CCCCN)C(=O)N[C@@H](CC(C)C)C(N)=O)[C@@H](C)CC. The summed E-state index contributed by atoms with van der Waals surface area (Å²) in [6.07, 6.45) is 2.85. The molecule has 11 heteroatoms. The fourth-order valence-electron chi connectivity index (χ4n) is 5.08. The van der Waals surface area contributed by atoms with Crippen LogP contribution in [-0.4, -0.2) is 60.2 Å². The smallest absolute Gasteiger partial charge is 0.243 e. The molecule has 2 aromatic carbocycles. The molecule has 0 heterocycles. The number of rotatable bonds is 19. The molecule has 0 radical (unpaired) electrons. The van der Waals surface area contributed by atoms with Crippen molar-refractivity contribution in [1.29, 1.82) is 0 Å². The van der Waals surface area contributed by atoms with E-state index in [-0.39, 0.29) is 30.6 Å². The molecule has 45 heavy (non-hydrogen) atoms. The summed E-state index contributed by atoms with van der Waals surface area (Å²) in [5.41, 5.74) is 12.1. The topological polar surface area (TPSA) is 186 Å². The molecular weight excluding hydrogens is 572 g/mol. The van der Waals surface area contributed by atoms with Crippen LogP contribution in [0.1, 0.15) is 78.7 Å². The monoisotopic (exact) mass is 624 g/mol. The minimum absolute atomic E-state index is 0.105. The number of hydrogen-bond donors (Lipinski definition) is 6. The van der Waals surface area contributed by atoms with Crippen LogP contribution in [0.25, 0.3) is 10.8 Å². The predicted octanol–water partition coefficient (Wildman–Crippen LogP) is 2.44. The van der Waals surface area contributed by atoms with E-state index in [1.807, 2.05) is 70.2 Å². The molecule has 2 rings (SSSR count). The largest absolute Gasteiger partial charge is 0.368 e. The van der Waals surface area contributed by atoms with E-state index in [2.05, 4.69) is 21.3 Å². The number of hydrogen-bond acceptors (Lipinski definition) is 6. The van der Waals surface area contributed by atoms with E-state index < -0.39 is 47.8 Å². The zero-order valence-electron chi connectivity index (χ0n) is 27.4. The van der Waals surface area contributed by atoms with Gasteiger partial charge in [0, 0.05) is 12.8 Å². The molecule has 0 bridgehead atoms. The van der Waals surface area contributed by atoms with Gasteiger partial charge in [-0.05, 0) is 60.4 Å². The molecular formula is C34H52N6O5. The fourth-order valence-corrected chi connectivity index (χ4v) is 5.08. The van der Waals surface area contributed by atoms with Crippen LogP contribution in [0.2, 0.25) is 0 Å². The van der Waals surface area contributed by atoms with Gasteiger partial charge in [-0.2, -0.15) is 0 Å². The first-order valence-electron chi connectivity index (χ1n) is 16.1. The maximum Gasteiger partial charge on any atom is 0.243 e. The number of fused-ring (bicyclic) bond motifs is 1. The maximum atomic E-state index is 13.7. The summed E-state index contributed by atoms with van der Waals surface area (Å²) in [6.45, 7) is 9.69. The van der Waals surface area contributed by atoms with Crippen molar-refractivity contribution in [2.24, 2.45) is 23.3 Å². The first kappa shape index (κ1) is 37.2. The second-order valence-electron chi connectivity index (χ2n) is 12.2. The Kier molecular flexibility index (Phi) is 15.5. The van der Waals surface area contributed by atoms with E-state index in [1.54, 1.807) is 6.92 Å². The molecule has 11 nitrogen and oxygen atoms in total. The lowest BCUT2D eigenvalue weighted by atomic mass is 9.96. The lowest BCUT2D eigenvalue weighted by molar-refractivity contribution is -0.135. The number of primary amides is 1. The van der Waals surface area contributed by atoms with E-state index in [0.717, 1.165) is 16.3 Å². The van der Waals surface area contributed by atoms with E-state index in [1.165, 1.54) is 0 Å². The van der Waals surface area contributed by atoms with Crippen LogP contribution in [-0.2, 0) is 30.4 Å². The standard InChI is InChI=1S/C34H52N6O5/c1-6-22(5)30(34(45)38-26(14-10-11-17-35)32(43)39-27(31(36)42)18-21(3)4)40-33(44)28(37-29(41)7-2)20-23-15-16-24-12-8-9-13-25(24)19-23/h8-9,12-13,15-16,19,21-22,26-28,30H,6-7,10-11,14,17-18,20,35H2,1-5H3,(H2,36,42)(H,37,41)(H,38,45)(H,39,43)(H,40,44)/t22-,26-,27-,28-,30-/m0/s1. The number of carbonyl (C=O) groups is 5. The van der Waals surface area contributed by atoms with E-state index >= 15 is 0 Å². The Balaban J connectivity index is 2.28. The van der Waals surface area contributed by atoms with Gasteiger partial charge in [0.2, 0.25) is 29.5 Å². The summed E-state index contributed by atoms with van der Waals surface area (Å²) in [4.78, 5) is 65.2. The van der Waals surface area contributed by atoms with Crippen molar-refractivity contribution >= 4 is 40.3 Å². The number of amides is 5. The van der Waals surface area contributed by atoms with Crippen molar-refractivity contribution in [3.63, 3.8) is 0 Å². The van der Waals surface area contributed by atoms with E-state index in [0.29, 0.717) is 38.6 Å². The minimum Gasteiger partial charge on any atom is -0.368 e. The lowest BCUT2D eigenvalue weighted by Crippen LogP contribution is -2.59. The van der Waals surface area contributed by atoms with Gasteiger partial charge in [-0.1, -0.05) is 83.5 Å². The van der Waals surface area contributed by atoms with Gasteiger partial charge in [0.05, 0.1) is 0 Å². The molecule has 0 aromatic heterocycles. The average molecular weight is 625 g/mol. The molecule has 248 valence electrons. The second kappa shape index (κ2) is 18.7. The molecule has 5 atom stereocenters. The summed E-state index contributed by atoms with van der Waals surface area (Å²) in [5, 5.41) is 13.2. The van der Waals surface area contributed by atoms with Crippen LogP contribution >= 0.6 is 0 Å². The normalized spacial score (nSPS) is 14.6. The highest BCUT2D eigenvalue weighted by Crippen LogP contribution is 2.18. The van der Waals surface area contributed by atoms with Crippen LogP contribution in [0.15, 0.2) is 42.5 Å². The van der Waals surface area contributed by atoms with Crippen molar-refractivity contribution < 1.29 is 24.0 Å². The summed E-state index contributed by atoms with van der Waals surface area (Å²) >= 11 is 0. The van der Waals surface area contributed by atoms with Crippen LogP contribution in [0, 0.1) is 11.8 Å². The third-order valence-electron chi connectivity index (χ3n) is 7.97.